The lowest BCUT2D eigenvalue weighted by Gasteiger charge is -2.15. The van der Waals surface area contributed by atoms with E-state index < -0.39 is 0 Å². The minimum atomic E-state index is 0.620. The summed E-state index contributed by atoms with van der Waals surface area (Å²) in [4.78, 5) is 0. The van der Waals surface area contributed by atoms with Gasteiger partial charge in [-0.15, -0.1) is 0 Å². The van der Waals surface area contributed by atoms with E-state index in [1.165, 1.54) is 43.2 Å². The molecule has 2 atom stereocenters. The summed E-state index contributed by atoms with van der Waals surface area (Å²) in [7, 11) is 0. The Labute approximate surface area is 166 Å². The molecule has 2 nitrogen and oxygen atoms in total. The highest BCUT2D eigenvalue weighted by molar-refractivity contribution is 5.15. The summed E-state index contributed by atoms with van der Waals surface area (Å²) in [5.41, 5.74) is 2.84. The molecule has 0 aliphatic heterocycles. The highest BCUT2D eigenvalue weighted by atomic mass is 14.9. The molecule has 0 fully saturated rings. The van der Waals surface area contributed by atoms with Crippen molar-refractivity contribution < 1.29 is 0 Å². The molecule has 2 N–H and O–H groups in total. The minimum Gasteiger partial charge on any atom is -0.314 e. The molecule has 148 valence electrons. The Morgan fingerprint density at radius 2 is 1.00 bits per heavy atom. The van der Waals surface area contributed by atoms with Gasteiger partial charge in [-0.2, -0.15) is 0 Å². The van der Waals surface area contributed by atoms with Gasteiger partial charge in [-0.3, -0.25) is 0 Å². The predicted octanol–water partition coefficient (Wildman–Crippen LogP) is 5.38. The molecule has 2 aromatic carbocycles. The summed E-state index contributed by atoms with van der Waals surface area (Å²) in [5.74, 6) is 0. The van der Waals surface area contributed by atoms with Gasteiger partial charge in [0.05, 0.1) is 0 Å². The fourth-order valence-corrected chi connectivity index (χ4v) is 3.50. The Hall–Kier alpha value is -1.64. The summed E-state index contributed by atoms with van der Waals surface area (Å²) in [6.07, 6.45) is 8.81. The third kappa shape index (κ3) is 10.3. The third-order valence-corrected chi connectivity index (χ3v) is 5.27. The first kappa shape index (κ1) is 21.7. The molecule has 0 amide bonds. The predicted molar refractivity (Wildman–Crippen MR) is 118 cm³/mol. The summed E-state index contributed by atoms with van der Waals surface area (Å²) >= 11 is 0. The van der Waals surface area contributed by atoms with Crippen molar-refractivity contribution in [3.8, 4) is 0 Å². The molecule has 0 radical (unpaired) electrons. The van der Waals surface area contributed by atoms with Crippen LogP contribution >= 0.6 is 0 Å². The quantitative estimate of drug-likeness (QED) is 0.439. The van der Waals surface area contributed by atoms with Crippen molar-refractivity contribution in [1.29, 1.82) is 0 Å². The monoisotopic (exact) mass is 366 g/mol. The zero-order valence-electron chi connectivity index (χ0n) is 17.3. The van der Waals surface area contributed by atoms with Crippen molar-refractivity contribution >= 4 is 0 Å². The van der Waals surface area contributed by atoms with Gasteiger partial charge in [0.2, 0.25) is 0 Å². The van der Waals surface area contributed by atoms with Crippen LogP contribution in [0.5, 0.6) is 0 Å². The molecule has 0 aromatic heterocycles. The number of rotatable bonds is 14. The molecule has 2 aromatic rings. The topological polar surface area (TPSA) is 24.1 Å². The van der Waals surface area contributed by atoms with Crippen molar-refractivity contribution in [2.24, 2.45) is 0 Å². The molecule has 0 unspecified atom stereocenters. The molecule has 2 heteroatoms. The van der Waals surface area contributed by atoms with Crippen LogP contribution in [0.2, 0.25) is 0 Å². The number of nitrogens with one attached hydrogen (secondary N) is 2. The Bertz CT molecular complexity index is 528. The van der Waals surface area contributed by atoms with E-state index in [0.29, 0.717) is 12.1 Å². The zero-order chi connectivity index (χ0) is 19.2. The molecule has 2 rings (SSSR count). The van der Waals surface area contributed by atoms with Crippen LogP contribution < -0.4 is 10.6 Å². The van der Waals surface area contributed by atoms with Crippen molar-refractivity contribution in [2.45, 2.75) is 70.9 Å². The van der Waals surface area contributed by atoms with Crippen molar-refractivity contribution in [3.63, 3.8) is 0 Å². The second kappa shape index (κ2) is 13.5. The number of hydrogen-bond donors (Lipinski definition) is 2. The molecule has 0 aliphatic carbocycles. The van der Waals surface area contributed by atoms with E-state index in [2.05, 4.69) is 85.1 Å². The fourth-order valence-electron chi connectivity index (χ4n) is 3.50. The highest BCUT2D eigenvalue weighted by Crippen LogP contribution is 2.08. The van der Waals surface area contributed by atoms with Crippen LogP contribution in [-0.2, 0) is 12.8 Å². The Balaban J connectivity index is 1.41. The average molecular weight is 367 g/mol. The van der Waals surface area contributed by atoms with Gasteiger partial charge < -0.3 is 10.6 Å². The molecule has 0 heterocycles. The van der Waals surface area contributed by atoms with Gasteiger partial charge in [0.15, 0.2) is 0 Å². The normalized spacial score (nSPS) is 13.4. The van der Waals surface area contributed by atoms with Gasteiger partial charge in [0.1, 0.15) is 0 Å². The first-order valence-corrected chi connectivity index (χ1v) is 10.8. The summed E-state index contributed by atoms with van der Waals surface area (Å²) < 4.78 is 0. The van der Waals surface area contributed by atoms with Crippen LogP contribution in [0.1, 0.15) is 57.1 Å². The van der Waals surface area contributed by atoms with Crippen LogP contribution in [0, 0.1) is 0 Å². The molecule has 0 bridgehead atoms. The Kier molecular flexibility index (Phi) is 10.8. The lowest BCUT2D eigenvalue weighted by molar-refractivity contribution is 0.457. The number of benzene rings is 2. The number of unbranched alkanes of at least 4 members (excludes halogenated alkanes) is 2. The Morgan fingerprint density at radius 1 is 0.593 bits per heavy atom. The van der Waals surface area contributed by atoms with E-state index in [1.807, 2.05) is 0 Å². The summed E-state index contributed by atoms with van der Waals surface area (Å²) in [6.45, 7) is 6.79. The van der Waals surface area contributed by atoms with E-state index in [0.717, 1.165) is 25.9 Å². The van der Waals surface area contributed by atoms with Crippen molar-refractivity contribution in [1.82, 2.24) is 10.6 Å². The van der Waals surface area contributed by atoms with Gasteiger partial charge in [-0.1, -0.05) is 79.9 Å². The molecule has 0 aliphatic rings. The van der Waals surface area contributed by atoms with Crippen LogP contribution in [0.25, 0.3) is 0 Å². The van der Waals surface area contributed by atoms with Crippen LogP contribution in [0.3, 0.4) is 0 Å². The van der Waals surface area contributed by atoms with Crippen molar-refractivity contribution in [3.05, 3.63) is 71.8 Å². The molecule has 0 spiro atoms. The van der Waals surface area contributed by atoms with Gasteiger partial charge in [-0.05, 0) is 63.7 Å². The number of hydrogen-bond acceptors (Lipinski definition) is 2. The zero-order valence-corrected chi connectivity index (χ0v) is 17.3. The molecular weight excluding hydrogens is 328 g/mol. The lowest BCUT2D eigenvalue weighted by Crippen LogP contribution is -2.28. The first-order chi connectivity index (χ1) is 13.2. The maximum Gasteiger partial charge on any atom is 0.00388 e. The Morgan fingerprint density at radius 3 is 1.41 bits per heavy atom. The first-order valence-electron chi connectivity index (χ1n) is 10.8. The molecule has 27 heavy (non-hydrogen) atoms. The maximum atomic E-state index is 3.66. The minimum absolute atomic E-state index is 0.620. The average Bonchev–Trinajstić information content (AvgIpc) is 2.69. The molecular formula is C25H38N2. The standard InChI is InChI=1S/C25H38N2/c1-22(26-20-18-24-14-8-4-9-15-24)12-6-3-7-13-23(2)27-21-19-25-16-10-5-11-17-25/h4-5,8-11,14-17,22-23,26-27H,3,6-7,12-13,18-21H2,1-2H3/t22-,23-/m0/s1. The summed E-state index contributed by atoms with van der Waals surface area (Å²) in [6, 6.07) is 22.7. The van der Waals surface area contributed by atoms with E-state index in [4.69, 9.17) is 0 Å². The van der Waals surface area contributed by atoms with Crippen LogP contribution in [-0.4, -0.2) is 25.2 Å². The third-order valence-electron chi connectivity index (χ3n) is 5.27. The fraction of sp³-hybridized carbons (Fsp3) is 0.520. The lowest BCUT2D eigenvalue weighted by atomic mass is 10.1. The smallest absolute Gasteiger partial charge is 0.00388 e. The van der Waals surface area contributed by atoms with Crippen LogP contribution in [0.15, 0.2) is 60.7 Å². The largest absolute Gasteiger partial charge is 0.314 e. The maximum absolute atomic E-state index is 3.66. The van der Waals surface area contributed by atoms with Crippen molar-refractivity contribution in [2.75, 3.05) is 13.1 Å². The van der Waals surface area contributed by atoms with E-state index in [9.17, 15) is 0 Å². The second-order valence-electron chi connectivity index (χ2n) is 7.82. The van der Waals surface area contributed by atoms with Crippen LogP contribution in [0.4, 0.5) is 0 Å². The summed E-state index contributed by atoms with van der Waals surface area (Å²) in [5, 5.41) is 7.32. The van der Waals surface area contributed by atoms with Gasteiger partial charge >= 0.3 is 0 Å². The second-order valence-corrected chi connectivity index (χ2v) is 7.82. The van der Waals surface area contributed by atoms with E-state index in [-0.39, 0.29) is 0 Å². The van der Waals surface area contributed by atoms with Gasteiger partial charge in [-0.25, -0.2) is 0 Å². The SMILES string of the molecule is C[C@@H](CCCCC[C@H](C)NCCc1ccccc1)NCCc1ccccc1. The molecule has 0 saturated carbocycles. The van der Waals surface area contributed by atoms with Gasteiger partial charge in [0, 0.05) is 12.1 Å². The van der Waals surface area contributed by atoms with E-state index in [1.54, 1.807) is 0 Å². The highest BCUT2D eigenvalue weighted by Gasteiger charge is 2.04. The van der Waals surface area contributed by atoms with E-state index >= 15 is 0 Å². The van der Waals surface area contributed by atoms with Gasteiger partial charge in [0.25, 0.3) is 0 Å². The molecule has 0 saturated heterocycles.